The predicted molar refractivity (Wildman–Crippen MR) is 138 cm³/mol. The van der Waals surface area contributed by atoms with Crippen LogP contribution in [-0.2, 0) is 0 Å². The number of anilines is 1. The molecule has 0 spiro atoms. The molecule has 2 aromatic carbocycles. The number of hydrogen-bond acceptors (Lipinski definition) is 7. The Morgan fingerprint density at radius 2 is 1.77 bits per heavy atom. The van der Waals surface area contributed by atoms with Gasteiger partial charge in [-0.1, -0.05) is 24.3 Å². The fourth-order valence-corrected chi connectivity index (χ4v) is 6.32. The Kier molecular flexibility index (Phi) is 5.60. The summed E-state index contributed by atoms with van der Waals surface area (Å²) in [5.41, 5.74) is 3.35. The molecule has 1 amide bonds. The van der Waals surface area contributed by atoms with Crippen molar-refractivity contribution in [2.75, 3.05) is 38.2 Å². The lowest BCUT2D eigenvalue weighted by molar-refractivity contribution is 0.0560. The Labute approximate surface area is 208 Å². The third kappa shape index (κ3) is 4.23. The highest BCUT2D eigenvalue weighted by Crippen LogP contribution is 2.36. The number of aromatic nitrogens is 3. The van der Waals surface area contributed by atoms with Gasteiger partial charge in [0.25, 0.3) is 5.91 Å². The van der Waals surface area contributed by atoms with Crippen LogP contribution in [0.1, 0.15) is 21.9 Å². The number of amides is 1. The van der Waals surface area contributed by atoms with E-state index in [4.69, 9.17) is 9.72 Å². The van der Waals surface area contributed by atoms with E-state index in [1.54, 1.807) is 18.4 Å². The molecule has 2 saturated heterocycles. The van der Waals surface area contributed by atoms with E-state index in [1.165, 1.54) is 0 Å². The second kappa shape index (κ2) is 8.92. The van der Waals surface area contributed by atoms with Gasteiger partial charge in [0.15, 0.2) is 0 Å². The van der Waals surface area contributed by atoms with Crippen LogP contribution < -0.4 is 9.64 Å². The van der Waals surface area contributed by atoms with Crippen LogP contribution in [0.5, 0.6) is 5.75 Å². The Hall–Kier alpha value is -3.52. The normalized spacial score (nSPS) is 19.7. The molecular weight excluding hydrogens is 458 g/mol. The maximum Gasteiger partial charge on any atom is 0.274 e. The first-order chi connectivity index (χ1) is 17.1. The van der Waals surface area contributed by atoms with Gasteiger partial charge in [0.2, 0.25) is 0 Å². The highest BCUT2D eigenvalue weighted by atomic mass is 32.1. The van der Waals surface area contributed by atoms with E-state index in [-0.39, 0.29) is 5.91 Å². The number of benzene rings is 2. The van der Waals surface area contributed by atoms with E-state index < -0.39 is 0 Å². The summed E-state index contributed by atoms with van der Waals surface area (Å²) >= 11 is 1.56. The van der Waals surface area contributed by atoms with Crippen molar-refractivity contribution in [2.45, 2.75) is 13.3 Å². The zero-order chi connectivity index (χ0) is 23.9. The summed E-state index contributed by atoms with van der Waals surface area (Å²) in [6, 6.07) is 15.8. The van der Waals surface area contributed by atoms with Crippen LogP contribution in [0.15, 0.2) is 54.7 Å². The Balaban J connectivity index is 1.22. The minimum Gasteiger partial charge on any atom is -0.497 e. The number of rotatable bonds is 4. The molecule has 2 aliphatic rings. The number of fused-ring (bicyclic) bond motifs is 3. The number of carbonyl (C=O) groups is 1. The molecule has 2 aliphatic heterocycles. The molecule has 4 aromatic rings. The van der Waals surface area contributed by atoms with Gasteiger partial charge in [-0.05, 0) is 55.0 Å². The highest BCUT2D eigenvalue weighted by Gasteiger charge is 2.38. The number of piperidine rings is 2. The van der Waals surface area contributed by atoms with Gasteiger partial charge in [0.1, 0.15) is 17.3 Å². The second-order valence-corrected chi connectivity index (χ2v) is 10.6. The number of nitrogens with zero attached hydrogens (tertiary/aromatic N) is 5. The fourth-order valence-electron chi connectivity index (χ4n) is 5.42. The minimum atomic E-state index is 0.0285. The number of carbonyl (C=O) groups excluding carboxylic acids is 1. The van der Waals surface area contributed by atoms with Crippen LogP contribution in [-0.4, -0.2) is 59.0 Å². The van der Waals surface area contributed by atoms with Crippen LogP contribution in [0.25, 0.3) is 21.5 Å². The quantitative estimate of drug-likeness (QED) is 0.418. The highest BCUT2D eigenvalue weighted by molar-refractivity contribution is 7.15. The zero-order valence-corrected chi connectivity index (χ0v) is 20.7. The van der Waals surface area contributed by atoms with Gasteiger partial charge < -0.3 is 14.5 Å². The summed E-state index contributed by atoms with van der Waals surface area (Å²) in [5.74, 6) is 2.53. The fraction of sp³-hybridized carbons (Fsp3) is 0.333. The van der Waals surface area contributed by atoms with E-state index in [1.807, 2.05) is 66.6 Å². The van der Waals surface area contributed by atoms with E-state index in [9.17, 15) is 4.79 Å². The molecule has 6 rings (SSSR count). The summed E-state index contributed by atoms with van der Waals surface area (Å²) in [7, 11) is 1.66. The standard InChI is InChI=1S/C27H27N5O2S/c1-17-29-25(26(35-17)20-6-5-7-21(11-20)34-2)27(33)32-15-18-10-19(16-32)14-31(13-18)24-12-28-22-8-3-4-9-23(22)30-24/h3-9,11-12,18-19H,10,13-16H2,1-2H3. The van der Waals surface area contributed by atoms with Crippen molar-refractivity contribution in [3.8, 4) is 16.2 Å². The van der Waals surface area contributed by atoms with Gasteiger partial charge in [-0.3, -0.25) is 9.78 Å². The van der Waals surface area contributed by atoms with Crippen molar-refractivity contribution < 1.29 is 9.53 Å². The van der Waals surface area contributed by atoms with Crippen molar-refractivity contribution in [2.24, 2.45) is 11.8 Å². The topological polar surface area (TPSA) is 71.5 Å². The monoisotopic (exact) mass is 485 g/mol. The number of thiazole rings is 1. The molecule has 0 N–H and O–H groups in total. The van der Waals surface area contributed by atoms with Gasteiger partial charge in [-0.25, -0.2) is 9.97 Å². The van der Waals surface area contributed by atoms with Crippen LogP contribution in [0, 0.1) is 18.8 Å². The largest absolute Gasteiger partial charge is 0.497 e. The van der Waals surface area contributed by atoms with Gasteiger partial charge in [0.05, 0.1) is 34.2 Å². The molecule has 2 unspecified atom stereocenters. The van der Waals surface area contributed by atoms with Gasteiger partial charge >= 0.3 is 0 Å². The summed E-state index contributed by atoms with van der Waals surface area (Å²) in [5, 5.41) is 0.893. The maximum absolute atomic E-state index is 13.7. The lowest BCUT2D eigenvalue weighted by Gasteiger charge is -2.46. The molecule has 35 heavy (non-hydrogen) atoms. The number of aryl methyl sites for hydroxylation is 1. The maximum atomic E-state index is 13.7. The number of likely N-dealkylation sites (tertiary alicyclic amines) is 1. The summed E-state index contributed by atoms with van der Waals surface area (Å²) in [6.07, 6.45) is 3.02. The Morgan fingerprint density at radius 1 is 1.00 bits per heavy atom. The van der Waals surface area contributed by atoms with Gasteiger partial charge in [-0.15, -0.1) is 11.3 Å². The average molecular weight is 486 g/mol. The molecule has 0 radical (unpaired) electrons. The van der Waals surface area contributed by atoms with E-state index >= 15 is 0 Å². The lowest BCUT2D eigenvalue weighted by atomic mass is 9.84. The lowest BCUT2D eigenvalue weighted by Crippen LogP contribution is -2.54. The third-order valence-corrected chi connectivity index (χ3v) is 7.92. The number of methoxy groups -OCH3 is 1. The van der Waals surface area contributed by atoms with E-state index in [0.29, 0.717) is 17.5 Å². The SMILES string of the molecule is COc1cccc(-c2sc(C)nc2C(=O)N2CC3CC(C2)CN(c2cnc4ccccc4n2)C3)c1. The van der Waals surface area contributed by atoms with E-state index in [0.717, 1.165) is 70.6 Å². The van der Waals surface area contributed by atoms with Crippen molar-refractivity contribution in [3.05, 3.63) is 65.4 Å². The molecule has 2 fully saturated rings. The first-order valence-electron chi connectivity index (χ1n) is 11.9. The first kappa shape index (κ1) is 22.0. The summed E-state index contributed by atoms with van der Waals surface area (Å²) in [4.78, 5) is 33.1. The number of hydrogen-bond donors (Lipinski definition) is 0. The molecule has 2 atom stereocenters. The van der Waals surface area contributed by atoms with Gasteiger partial charge in [0, 0.05) is 26.2 Å². The van der Waals surface area contributed by atoms with Crippen molar-refractivity contribution in [1.29, 1.82) is 0 Å². The van der Waals surface area contributed by atoms with Crippen LogP contribution in [0.2, 0.25) is 0 Å². The first-order valence-corrected chi connectivity index (χ1v) is 12.8. The molecule has 8 heteroatoms. The summed E-state index contributed by atoms with van der Waals surface area (Å²) in [6.45, 7) is 5.19. The average Bonchev–Trinajstić information content (AvgIpc) is 3.29. The van der Waals surface area contributed by atoms with Crippen LogP contribution in [0.4, 0.5) is 5.82 Å². The van der Waals surface area contributed by atoms with Gasteiger partial charge in [-0.2, -0.15) is 0 Å². The van der Waals surface area contributed by atoms with Crippen LogP contribution >= 0.6 is 11.3 Å². The second-order valence-electron chi connectivity index (χ2n) is 9.44. The van der Waals surface area contributed by atoms with Crippen LogP contribution in [0.3, 0.4) is 0 Å². The smallest absolute Gasteiger partial charge is 0.274 e. The molecular formula is C27H27N5O2S. The molecule has 7 nitrogen and oxygen atoms in total. The molecule has 0 aliphatic carbocycles. The molecule has 4 heterocycles. The zero-order valence-electron chi connectivity index (χ0n) is 19.8. The van der Waals surface area contributed by atoms with Crippen molar-refractivity contribution in [3.63, 3.8) is 0 Å². The predicted octanol–water partition coefficient (Wildman–Crippen LogP) is 4.67. The summed E-state index contributed by atoms with van der Waals surface area (Å²) < 4.78 is 5.39. The molecule has 2 bridgehead atoms. The van der Waals surface area contributed by atoms with Crippen molar-refractivity contribution >= 4 is 34.1 Å². The number of para-hydroxylation sites is 2. The Morgan fingerprint density at radius 3 is 2.54 bits per heavy atom. The van der Waals surface area contributed by atoms with E-state index in [2.05, 4.69) is 14.9 Å². The minimum absolute atomic E-state index is 0.0285. The molecule has 0 saturated carbocycles. The number of ether oxygens (including phenoxy) is 1. The van der Waals surface area contributed by atoms with Crippen molar-refractivity contribution in [1.82, 2.24) is 19.9 Å². The third-order valence-electron chi connectivity index (χ3n) is 6.90. The Bertz CT molecular complexity index is 1390. The molecule has 2 aromatic heterocycles. The molecule has 178 valence electrons.